The highest BCUT2D eigenvalue weighted by atomic mass is 16.5. The summed E-state index contributed by atoms with van der Waals surface area (Å²) in [7, 11) is 1.64. The number of hydrogen-bond acceptors (Lipinski definition) is 5. The number of hydrogen-bond donors (Lipinski definition) is 2. The minimum absolute atomic E-state index is 0.341. The molecule has 0 radical (unpaired) electrons. The number of nitrogens with one attached hydrogen (secondary N) is 2. The third-order valence-corrected chi connectivity index (χ3v) is 3.21. The van der Waals surface area contributed by atoms with Gasteiger partial charge in [-0.25, -0.2) is 9.97 Å². The lowest BCUT2D eigenvalue weighted by Gasteiger charge is -2.22. The van der Waals surface area contributed by atoms with Crippen LogP contribution < -0.4 is 15.4 Å². The van der Waals surface area contributed by atoms with Gasteiger partial charge in [0.05, 0.1) is 7.11 Å². The van der Waals surface area contributed by atoms with E-state index in [-0.39, 0.29) is 0 Å². The third-order valence-electron chi connectivity index (χ3n) is 3.21. The van der Waals surface area contributed by atoms with Crippen molar-refractivity contribution in [2.75, 3.05) is 24.3 Å². The highest BCUT2D eigenvalue weighted by Gasteiger charge is 2.16. The molecule has 102 valence electrons. The van der Waals surface area contributed by atoms with Gasteiger partial charge < -0.3 is 15.4 Å². The van der Waals surface area contributed by atoms with Crippen molar-refractivity contribution in [1.29, 1.82) is 0 Å². The van der Waals surface area contributed by atoms with Crippen molar-refractivity contribution >= 4 is 11.6 Å². The second kappa shape index (κ2) is 7.03. The molecule has 1 aromatic heterocycles. The first-order valence-corrected chi connectivity index (χ1v) is 6.53. The molecule has 0 aliphatic rings. The van der Waals surface area contributed by atoms with Gasteiger partial charge in [0, 0.05) is 12.6 Å². The van der Waals surface area contributed by atoms with Gasteiger partial charge in [-0.3, -0.25) is 0 Å². The van der Waals surface area contributed by atoms with Crippen LogP contribution in [-0.4, -0.2) is 29.7 Å². The van der Waals surface area contributed by atoms with Crippen molar-refractivity contribution in [1.82, 2.24) is 9.97 Å². The minimum Gasteiger partial charge on any atom is -0.490 e. The average molecular weight is 252 g/mol. The molecule has 1 heterocycles. The third kappa shape index (κ3) is 3.48. The summed E-state index contributed by atoms with van der Waals surface area (Å²) in [5, 5.41) is 6.56. The van der Waals surface area contributed by atoms with Crippen molar-refractivity contribution in [2.45, 2.75) is 40.2 Å². The fraction of sp³-hybridized carbons (Fsp3) is 0.692. The lowest BCUT2D eigenvalue weighted by atomic mass is 10.0. The van der Waals surface area contributed by atoms with Gasteiger partial charge in [0.25, 0.3) is 0 Å². The van der Waals surface area contributed by atoms with Crippen molar-refractivity contribution in [3.05, 3.63) is 6.33 Å². The molecule has 18 heavy (non-hydrogen) atoms. The van der Waals surface area contributed by atoms with E-state index in [0.29, 0.717) is 17.7 Å². The Morgan fingerprint density at radius 1 is 1.22 bits per heavy atom. The zero-order valence-electron chi connectivity index (χ0n) is 11.9. The quantitative estimate of drug-likeness (QED) is 0.781. The molecule has 1 rings (SSSR count). The molecule has 2 atom stereocenters. The smallest absolute Gasteiger partial charge is 0.204 e. The normalized spacial score (nSPS) is 13.8. The van der Waals surface area contributed by atoms with Crippen LogP contribution in [0.15, 0.2) is 6.33 Å². The number of methoxy groups -OCH3 is 1. The maximum absolute atomic E-state index is 5.39. The molecule has 2 unspecified atom stereocenters. The van der Waals surface area contributed by atoms with Gasteiger partial charge in [0.2, 0.25) is 5.75 Å². The largest absolute Gasteiger partial charge is 0.490 e. The van der Waals surface area contributed by atoms with Crippen molar-refractivity contribution in [2.24, 2.45) is 5.92 Å². The van der Waals surface area contributed by atoms with Crippen molar-refractivity contribution < 1.29 is 4.74 Å². The Kier molecular flexibility index (Phi) is 5.68. The van der Waals surface area contributed by atoms with Gasteiger partial charge in [0.15, 0.2) is 11.6 Å². The van der Waals surface area contributed by atoms with Crippen molar-refractivity contribution in [3.63, 3.8) is 0 Å². The van der Waals surface area contributed by atoms with E-state index in [1.54, 1.807) is 13.4 Å². The molecule has 0 aromatic carbocycles. The molecular formula is C13H24N4O. The first-order valence-electron chi connectivity index (χ1n) is 6.53. The summed E-state index contributed by atoms with van der Waals surface area (Å²) in [4.78, 5) is 8.45. The summed E-state index contributed by atoms with van der Waals surface area (Å²) in [6.45, 7) is 9.38. The van der Waals surface area contributed by atoms with Crippen LogP contribution in [-0.2, 0) is 0 Å². The molecule has 0 fully saturated rings. The van der Waals surface area contributed by atoms with E-state index < -0.39 is 0 Å². The fourth-order valence-electron chi connectivity index (χ4n) is 1.67. The second-order valence-corrected chi connectivity index (χ2v) is 4.45. The Balaban J connectivity index is 2.91. The summed E-state index contributed by atoms with van der Waals surface area (Å²) in [6, 6.07) is 0.341. The van der Waals surface area contributed by atoms with Gasteiger partial charge in [-0.2, -0.15) is 0 Å². The monoisotopic (exact) mass is 252 g/mol. The molecule has 0 aliphatic carbocycles. The van der Waals surface area contributed by atoms with E-state index in [1.165, 1.54) is 0 Å². The van der Waals surface area contributed by atoms with E-state index in [0.717, 1.165) is 24.6 Å². The lowest BCUT2D eigenvalue weighted by molar-refractivity contribution is 0.412. The Morgan fingerprint density at radius 3 is 2.44 bits per heavy atom. The van der Waals surface area contributed by atoms with Crippen LogP contribution in [0.25, 0.3) is 0 Å². The highest BCUT2D eigenvalue weighted by molar-refractivity contribution is 5.63. The first kappa shape index (κ1) is 14.5. The van der Waals surface area contributed by atoms with Crippen LogP contribution in [0.1, 0.15) is 34.1 Å². The molecular weight excluding hydrogens is 228 g/mol. The van der Waals surface area contributed by atoms with Crippen LogP contribution in [0, 0.1) is 5.92 Å². The predicted octanol–water partition coefficient (Wildman–Crippen LogP) is 2.76. The Bertz CT molecular complexity index is 370. The zero-order chi connectivity index (χ0) is 13.5. The zero-order valence-corrected chi connectivity index (χ0v) is 11.9. The molecule has 0 amide bonds. The topological polar surface area (TPSA) is 59.1 Å². The van der Waals surface area contributed by atoms with Gasteiger partial charge in [-0.1, -0.05) is 20.3 Å². The molecule has 0 spiro atoms. The Labute approximate surface area is 109 Å². The molecule has 0 aliphatic heterocycles. The van der Waals surface area contributed by atoms with E-state index in [9.17, 15) is 0 Å². The maximum Gasteiger partial charge on any atom is 0.204 e. The molecule has 5 heteroatoms. The van der Waals surface area contributed by atoms with Crippen LogP contribution in [0.5, 0.6) is 5.75 Å². The first-order chi connectivity index (χ1) is 8.63. The highest BCUT2D eigenvalue weighted by Crippen LogP contribution is 2.30. The van der Waals surface area contributed by atoms with Gasteiger partial charge in [-0.05, 0) is 19.8 Å². The summed E-state index contributed by atoms with van der Waals surface area (Å²) < 4.78 is 5.39. The van der Waals surface area contributed by atoms with Gasteiger partial charge >= 0.3 is 0 Å². The summed E-state index contributed by atoms with van der Waals surface area (Å²) in [5.74, 6) is 2.73. The summed E-state index contributed by atoms with van der Waals surface area (Å²) in [6.07, 6.45) is 2.67. The van der Waals surface area contributed by atoms with Crippen LogP contribution in [0.2, 0.25) is 0 Å². The standard InChI is InChI=1S/C13H24N4O/c1-6-9(3)10(4)17-13-11(18-5)12(14-7-2)15-8-16-13/h8-10H,6-7H2,1-5H3,(H2,14,15,16,17). The number of aromatic nitrogens is 2. The van der Waals surface area contributed by atoms with Crippen molar-refractivity contribution in [3.8, 4) is 5.75 Å². The molecule has 2 N–H and O–H groups in total. The van der Waals surface area contributed by atoms with E-state index in [1.807, 2.05) is 6.92 Å². The SMILES string of the molecule is CCNc1ncnc(NC(C)C(C)CC)c1OC. The van der Waals surface area contributed by atoms with E-state index in [4.69, 9.17) is 4.74 Å². The molecule has 1 aromatic rings. The number of rotatable bonds is 7. The van der Waals surface area contributed by atoms with E-state index >= 15 is 0 Å². The van der Waals surface area contributed by atoms with Gasteiger partial charge in [-0.15, -0.1) is 0 Å². The predicted molar refractivity (Wildman–Crippen MR) is 75.3 cm³/mol. The lowest BCUT2D eigenvalue weighted by Crippen LogP contribution is -2.24. The molecule has 5 nitrogen and oxygen atoms in total. The molecule has 0 saturated carbocycles. The molecule has 0 saturated heterocycles. The average Bonchev–Trinajstić information content (AvgIpc) is 2.38. The molecule has 0 bridgehead atoms. The summed E-state index contributed by atoms with van der Waals surface area (Å²) in [5.41, 5.74) is 0. The fourth-order valence-corrected chi connectivity index (χ4v) is 1.67. The number of anilines is 2. The second-order valence-electron chi connectivity index (χ2n) is 4.45. The number of nitrogens with zero attached hydrogens (tertiary/aromatic N) is 2. The van der Waals surface area contributed by atoms with Crippen LogP contribution in [0.4, 0.5) is 11.6 Å². The van der Waals surface area contributed by atoms with E-state index in [2.05, 4.69) is 41.4 Å². The maximum atomic E-state index is 5.39. The number of ether oxygens (including phenoxy) is 1. The Morgan fingerprint density at radius 2 is 1.89 bits per heavy atom. The van der Waals surface area contributed by atoms with Gasteiger partial charge in [0.1, 0.15) is 6.33 Å². The van der Waals surface area contributed by atoms with Crippen LogP contribution >= 0.6 is 0 Å². The minimum atomic E-state index is 0.341. The summed E-state index contributed by atoms with van der Waals surface area (Å²) >= 11 is 0. The van der Waals surface area contributed by atoms with Crippen LogP contribution in [0.3, 0.4) is 0 Å². The Hall–Kier alpha value is -1.52.